The average molecular weight is 348 g/mol. The number of nitrogens with one attached hydrogen (secondary N) is 2. The van der Waals surface area contributed by atoms with Gasteiger partial charge in [0.05, 0.1) is 0 Å². The summed E-state index contributed by atoms with van der Waals surface area (Å²) in [5.41, 5.74) is 3.16. The average Bonchev–Trinajstić information content (AvgIpc) is 2.45. The molecule has 0 atom stereocenters. The molecule has 0 unspecified atom stereocenters. The van der Waals surface area contributed by atoms with Crippen molar-refractivity contribution < 1.29 is 4.79 Å². The van der Waals surface area contributed by atoms with E-state index in [9.17, 15) is 4.79 Å². The van der Waals surface area contributed by atoms with Crippen LogP contribution < -0.4 is 10.6 Å². The molecule has 0 saturated carbocycles. The monoisotopic (exact) mass is 347 g/mol. The number of nitrogens with zero attached hydrogens (tertiary/aromatic N) is 1. The first-order valence-electron chi connectivity index (χ1n) is 8.60. The van der Waals surface area contributed by atoms with E-state index >= 15 is 0 Å². The SMILES string of the molecule is Cc1cc(C)cc(NC(=S)N2CCC(NC(=O)C(C)(C)C)CC2)c1. The number of piperidine rings is 1. The van der Waals surface area contributed by atoms with Gasteiger partial charge < -0.3 is 15.5 Å². The molecule has 1 aromatic rings. The van der Waals surface area contributed by atoms with Gasteiger partial charge in [0.15, 0.2) is 5.11 Å². The van der Waals surface area contributed by atoms with Crippen LogP contribution in [0.25, 0.3) is 0 Å². The maximum atomic E-state index is 12.1. The summed E-state index contributed by atoms with van der Waals surface area (Å²) in [6.45, 7) is 11.7. The number of rotatable bonds is 2. The second-order valence-corrected chi connectivity index (χ2v) is 8.18. The van der Waals surface area contributed by atoms with E-state index in [-0.39, 0.29) is 17.4 Å². The third kappa shape index (κ3) is 5.20. The van der Waals surface area contributed by atoms with Gasteiger partial charge in [-0.05, 0) is 62.2 Å². The number of carbonyl (C=O) groups excluding carboxylic acids is 1. The fourth-order valence-corrected chi connectivity index (χ4v) is 3.18. The van der Waals surface area contributed by atoms with E-state index in [4.69, 9.17) is 12.2 Å². The van der Waals surface area contributed by atoms with Crippen LogP contribution in [0.2, 0.25) is 0 Å². The lowest BCUT2D eigenvalue weighted by atomic mass is 9.94. The third-order valence-electron chi connectivity index (χ3n) is 4.27. The van der Waals surface area contributed by atoms with Crippen LogP contribution in [0.3, 0.4) is 0 Å². The summed E-state index contributed by atoms with van der Waals surface area (Å²) in [7, 11) is 0. The van der Waals surface area contributed by atoms with E-state index in [1.165, 1.54) is 11.1 Å². The second-order valence-electron chi connectivity index (χ2n) is 7.79. The fourth-order valence-electron chi connectivity index (χ4n) is 2.88. The van der Waals surface area contributed by atoms with Crippen LogP contribution in [0.5, 0.6) is 0 Å². The molecule has 4 nitrogen and oxygen atoms in total. The molecular weight excluding hydrogens is 318 g/mol. The molecule has 1 fully saturated rings. The Labute approximate surface area is 151 Å². The molecule has 0 bridgehead atoms. The van der Waals surface area contributed by atoms with E-state index in [1.54, 1.807) is 0 Å². The first kappa shape index (κ1) is 18.7. The molecule has 132 valence electrons. The minimum atomic E-state index is -0.336. The summed E-state index contributed by atoms with van der Waals surface area (Å²) in [6.07, 6.45) is 1.85. The van der Waals surface area contributed by atoms with Crippen molar-refractivity contribution in [2.75, 3.05) is 18.4 Å². The number of amides is 1. The number of benzene rings is 1. The quantitative estimate of drug-likeness (QED) is 0.802. The summed E-state index contributed by atoms with van der Waals surface area (Å²) in [5.74, 6) is 0.122. The Bertz CT molecular complexity index is 593. The van der Waals surface area contributed by atoms with Gasteiger partial charge >= 0.3 is 0 Å². The Hall–Kier alpha value is -1.62. The Kier molecular flexibility index (Phi) is 5.86. The normalized spacial score (nSPS) is 16.0. The zero-order valence-corrected chi connectivity index (χ0v) is 16.2. The predicted octanol–water partition coefficient (Wildman–Crippen LogP) is 3.63. The number of thiocarbonyl (C=S) groups is 1. The summed E-state index contributed by atoms with van der Waals surface area (Å²) in [6, 6.07) is 6.61. The zero-order valence-electron chi connectivity index (χ0n) is 15.4. The second kappa shape index (κ2) is 7.51. The van der Waals surface area contributed by atoms with Gasteiger partial charge in [0, 0.05) is 30.2 Å². The van der Waals surface area contributed by atoms with Crippen molar-refractivity contribution >= 4 is 28.9 Å². The molecule has 1 heterocycles. The summed E-state index contributed by atoms with van der Waals surface area (Å²) in [5, 5.41) is 7.26. The predicted molar refractivity (Wildman–Crippen MR) is 104 cm³/mol. The smallest absolute Gasteiger partial charge is 0.225 e. The van der Waals surface area contributed by atoms with Crippen molar-refractivity contribution in [3.05, 3.63) is 29.3 Å². The fraction of sp³-hybridized carbons (Fsp3) is 0.579. The van der Waals surface area contributed by atoms with E-state index < -0.39 is 0 Å². The van der Waals surface area contributed by atoms with Gasteiger partial charge in [-0.25, -0.2) is 0 Å². The standard InChI is InChI=1S/C19H29N3OS/c1-13-10-14(2)12-16(11-13)21-18(24)22-8-6-15(7-9-22)20-17(23)19(3,4)5/h10-12,15H,6-9H2,1-5H3,(H,20,23)(H,21,24). The third-order valence-corrected chi connectivity index (χ3v) is 4.63. The maximum Gasteiger partial charge on any atom is 0.225 e. The van der Waals surface area contributed by atoms with Gasteiger partial charge in [-0.3, -0.25) is 4.79 Å². The topological polar surface area (TPSA) is 44.4 Å². The molecule has 5 heteroatoms. The lowest BCUT2D eigenvalue weighted by Crippen LogP contribution is -2.49. The Morgan fingerprint density at radius 3 is 2.17 bits per heavy atom. The van der Waals surface area contributed by atoms with Crippen molar-refractivity contribution in [1.29, 1.82) is 0 Å². The number of hydrogen-bond acceptors (Lipinski definition) is 2. The molecule has 2 rings (SSSR count). The van der Waals surface area contributed by atoms with E-state index in [2.05, 4.69) is 47.6 Å². The molecule has 1 aliphatic heterocycles. The molecule has 1 aliphatic rings. The van der Waals surface area contributed by atoms with Crippen molar-refractivity contribution in [1.82, 2.24) is 10.2 Å². The number of aryl methyl sites for hydroxylation is 2. The number of hydrogen-bond donors (Lipinski definition) is 2. The van der Waals surface area contributed by atoms with Crippen molar-refractivity contribution in [3.63, 3.8) is 0 Å². The highest BCUT2D eigenvalue weighted by Gasteiger charge is 2.27. The lowest BCUT2D eigenvalue weighted by molar-refractivity contribution is -0.129. The van der Waals surface area contributed by atoms with Crippen molar-refractivity contribution in [2.45, 2.75) is 53.5 Å². The highest BCUT2D eigenvalue weighted by Crippen LogP contribution is 2.18. The molecule has 0 aromatic heterocycles. The first-order valence-corrected chi connectivity index (χ1v) is 9.01. The van der Waals surface area contributed by atoms with Crippen LogP contribution in [0.4, 0.5) is 5.69 Å². The van der Waals surface area contributed by atoms with Gasteiger partial charge in [-0.2, -0.15) is 0 Å². The van der Waals surface area contributed by atoms with Gasteiger partial charge in [-0.15, -0.1) is 0 Å². The van der Waals surface area contributed by atoms with Gasteiger partial charge in [0.25, 0.3) is 0 Å². The van der Waals surface area contributed by atoms with Crippen LogP contribution in [0.1, 0.15) is 44.7 Å². The van der Waals surface area contributed by atoms with Crippen molar-refractivity contribution in [3.8, 4) is 0 Å². The molecule has 0 aliphatic carbocycles. The zero-order chi connectivity index (χ0) is 17.9. The molecule has 1 amide bonds. The van der Waals surface area contributed by atoms with Crippen LogP contribution in [0, 0.1) is 19.3 Å². The maximum absolute atomic E-state index is 12.1. The van der Waals surface area contributed by atoms with Crippen LogP contribution in [-0.4, -0.2) is 35.1 Å². The van der Waals surface area contributed by atoms with Crippen LogP contribution in [0.15, 0.2) is 18.2 Å². The highest BCUT2D eigenvalue weighted by atomic mass is 32.1. The first-order chi connectivity index (χ1) is 11.1. The Balaban J connectivity index is 1.85. The highest BCUT2D eigenvalue weighted by molar-refractivity contribution is 7.80. The lowest BCUT2D eigenvalue weighted by Gasteiger charge is -2.35. The minimum Gasteiger partial charge on any atom is -0.353 e. The molecule has 1 saturated heterocycles. The summed E-state index contributed by atoms with van der Waals surface area (Å²) >= 11 is 5.56. The molecule has 2 N–H and O–H groups in total. The van der Waals surface area contributed by atoms with E-state index in [0.29, 0.717) is 0 Å². The molecule has 0 radical (unpaired) electrons. The summed E-state index contributed by atoms with van der Waals surface area (Å²) in [4.78, 5) is 14.3. The minimum absolute atomic E-state index is 0.122. The number of carbonyl (C=O) groups is 1. The van der Waals surface area contributed by atoms with Crippen LogP contribution >= 0.6 is 12.2 Å². The van der Waals surface area contributed by atoms with Crippen molar-refractivity contribution in [2.24, 2.45) is 5.41 Å². The van der Waals surface area contributed by atoms with Gasteiger partial charge in [-0.1, -0.05) is 26.8 Å². The number of anilines is 1. The molecule has 24 heavy (non-hydrogen) atoms. The van der Waals surface area contributed by atoms with Gasteiger partial charge in [0.2, 0.25) is 5.91 Å². The Morgan fingerprint density at radius 2 is 1.67 bits per heavy atom. The van der Waals surface area contributed by atoms with Crippen LogP contribution in [-0.2, 0) is 4.79 Å². The molecular formula is C19H29N3OS. The largest absolute Gasteiger partial charge is 0.353 e. The molecule has 1 aromatic carbocycles. The summed E-state index contributed by atoms with van der Waals surface area (Å²) < 4.78 is 0. The van der Waals surface area contributed by atoms with Gasteiger partial charge in [0.1, 0.15) is 0 Å². The molecule has 0 spiro atoms. The number of likely N-dealkylation sites (tertiary alicyclic amines) is 1. The van der Waals surface area contributed by atoms with E-state index in [1.807, 2.05) is 20.8 Å². The Morgan fingerprint density at radius 1 is 1.12 bits per heavy atom. The van der Waals surface area contributed by atoms with E-state index in [0.717, 1.165) is 36.7 Å².